The fourth-order valence-electron chi connectivity index (χ4n) is 3.38. The van der Waals surface area contributed by atoms with E-state index in [1.807, 2.05) is 53.2 Å². The molecule has 0 spiro atoms. The molecule has 1 amide bonds. The topological polar surface area (TPSA) is 69.0 Å². The number of aromatic nitrogens is 3. The van der Waals surface area contributed by atoms with Gasteiger partial charge in [0.15, 0.2) is 0 Å². The molecule has 3 aromatic rings. The number of hydrogen-bond donors (Lipinski definition) is 1. The number of carbonyl (C=O) groups excluding carboxylic acids is 1. The number of pyridine rings is 1. The van der Waals surface area contributed by atoms with Crippen LogP contribution in [-0.4, -0.2) is 33.7 Å². The van der Waals surface area contributed by atoms with E-state index in [1.165, 1.54) is 0 Å². The van der Waals surface area contributed by atoms with Crippen molar-refractivity contribution in [1.29, 1.82) is 0 Å². The van der Waals surface area contributed by atoms with Crippen molar-refractivity contribution in [1.82, 2.24) is 14.5 Å². The first-order valence-corrected chi connectivity index (χ1v) is 8.67. The van der Waals surface area contributed by atoms with Crippen LogP contribution >= 0.6 is 0 Å². The third-order valence-corrected chi connectivity index (χ3v) is 4.88. The summed E-state index contributed by atoms with van der Waals surface area (Å²) in [7, 11) is 0. The van der Waals surface area contributed by atoms with Gasteiger partial charge in [-0.15, -0.1) is 0 Å². The van der Waals surface area contributed by atoms with E-state index >= 15 is 0 Å². The summed E-state index contributed by atoms with van der Waals surface area (Å²) in [6.45, 7) is 1.17. The van der Waals surface area contributed by atoms with Crippen LogP contribution in [0.25, 0.3) is 5.82 Å². The van der Waals surface area contributed by atoms with Gasteiger partial charge in [0.25, 0.3) is 0 Å². The van der Waals surface area contributed by atoms with Gasteiger partial charge in [-0.2, -0.15) is 0 Å². The molecular formula is C20H20N4O2. The normalized spacial score (nSPS) is 16.2. The number of ether oxygens (including phenoxy) is 1. The number of anilines is 1. The zero-order valence-corrected chi connectivity index (χ0v) is 14.3. The minimum Gasteiger partial charge on any atom is -0.381 e. The molecule has 1 aliphatic heterocycles. The van der Waals surface area contributed by atoms with Gasteiger partial charge in [0.1, 0.15) is 12.1 Å². The van der Waals surface area contributed by atoms with Crippen LogP contribution in [0.15, 0.2) is 67.4 Å². The number of hydrogen-bond acceptors (Lipinski definition) is 4. The highest BCUT2D eigenvalue weighted by Crippen LogP contribution is 2.36. The van der Waals surface area contributed by atoms with Crippen LogP contribution in [0, 0.1) is 0 Å². The second kappa shape index (κ2) is 7.09. The standard InChI is InChI=1S/C20H20N4O2/c25-19(20(8-12-26-13-9-20)16-4-2-1-3-5-16)23-17-6-7-18(22-14-17)24-11-10-21-15-24/h1-7,10-11,14-15H,8-9,12-13H2,(H,23,25). The summed E-state index contributed by atoms with van der Waals surface area (Å²) >= 11 is 0. The maximum Gasteiger partial charge on any atom is 0.235 e. The summed E-state index contributed by atoms with van der Waals surface area (Å²) in [5.41, 5.74) is 1.15. The van der Waals surface area contributed by atoms with Gasteiger partial charge in [-0.25, -0.2) is 9.97 Å². The Morgan fingerprint density at radius 3 is 2.58 bits per heavy atom. The van der Waals surface area contributed by atoms with Crippen molar-refractivity contribution in [3.8, 4) is 5.82 Å². The molecule has 1 aromatic carbocycles. The molecule has 0 aliphatic carbocycles. The molecule has 2 aromatic heterocycles. The fourth-order valence-corrected chi connectivity index (χ4v) is 3.38. The molecule has 0 bridgehead atoms. The lowest BCUT2D eigenvalue weighted by molar-refractivity contribution is -0.125. The quantitative estimate of drug-likeness (QED) is 0.787. The Hall–Kier alpha value is -2.99. The first-order valence-electron chi connectivity index (χ1n) is 8.67. The van der Waals surface area contributed by atoms with E-state index < -0.39 is 5.41 Å². The van der Waals surface area contributed by atoms with E-state index in [-0.39, 0.29) is 5.91 Å². The Morgan fingerprint density at radius 2 is 1.92 bits per heavy atom. The van der Waals surface area contributed by atoms with Crippen LogP contribution in [0.1, 0.15) is 18.4 Å². The monoisotopic (exact) mass is 348 g/mol. The summed E-state index contributed by atoms with van der Waals surface area (Å²) in [5, 5.41) is 3.04. The Balaban J connectivity index is 1.57. The highest BCUT2D eigenvalue weighted by atomic mass is 16.5. The number of rotatable bonds is 4. The molecule has 4 rings (SSSR count). The molecule has 0 saturated carbocycles. The minimum atomic E-state index is -0.567. The second-order valence-electron chi connectivity index (χ2n) is 6.39. The molecule has 26 heavy (non-hydrogen) atoms. The molecular weight excluding hydrogens is 328 g/mol. The van der Waals surface area contributed by atoms with Crippen LogP contribution in [-0.2, 0) is 14.9 Å². The lowest BCUT2D eigenvalue weighted by atomic mass is 9.73. The van der Waals surface area contributed by atoms with Crippen LogP contribution in [0.3, 0.4) is 0 Å². The largest absolute Gasteiger partial charge is 0.381 e. The van der Waals surface area contributed by atoms with E-state index in [2.05, 4.69) is 15.3 Å². The average molecular weight is 348 g/mol. The zero-order chi connectivity index (χ0) is 17.8. The maximum atomic E-state index is 13.2. The maximum absolute atomic E-state index is 13.2. The number of amides is 1. The molecule has 1 fully saturated rings. The minimum absolute atomic E-state index is 0.0100. The summed E-state index contributed by atoms with van der Waals surface area (Å²) < 4.78 is 7.32. The van der Waals surface area contributed by atoms with E-state index in [9.17, 15) is 4.79 Å². The van der Waals surface area contributed by atoms with Crippen molar-refractivity contribution in [2.45, 2.75) is 18.3 Å². The van der Waals surface area contributed by atoms with Gasteiger partial charge in [0.2, 0.25) is 5.91 Å². The van der Waals surface area contributed by atoms with E-state index in [0.29, 0.717) is 31.7 Å². The molecule has 6 heteroatoms. The average Bonchev–Trinajstić information content (AvgIpc) is 3.24. The number of imidazole rings is 1. The van der Waals surface area contributed by atoms with Crippen LogP contribution in [0.2, 0.25) is 0 Å². The fraction of sp³-hybridized carbons (Fsp3) is 0.250. The summed E-state index contributed by atoms with van der Waals surface area (Å²) in [6.07, 6.45) is 8.23. The van der Waals surface area contributed by atoms with Gasteiger partial charge < -0.3 is 10.1 Å². The third-order valence-electron chi connectivity index (χ3n) is 4.88. The molecule has 3 heterocycles. The van der Waals surface area contributed by atoms with Crippen LogP contribution < -0.4 is 5.32 Å². The molecule has 0 atom stereocenters. The van der Waals surface area contributed by atoms with E-state index in [4.69, 9.17) is 4.74 Å². The first kappa shape index (κ1) is 16.5. The molecule has 1 saturated heterocycles. The van der Waals surface area contributed by atoms with Crippen molar-refractivity contribution in [3.05, 3.63) is 72.9 Å². The smallest absolute Gasteiger partial charge is 0.235 e. The molecule has 132 valence electrons. The molecule has 1 aliphatic rings. The Labute approximate surface area is 151 Å². The Kier molecular flexibility index (Phi) is 4.50. The predicted octanol–water partition coefficient (Wildman–Crippen LogP) is 2.95. The summed E-state index contributed by atoms with van der Waals surface area (Å²) in [5.74, 6) is 0.744. The van der Waals surface area contributed by atoms with Gasteiger partial charge >= 0.3 is 0 Å². The predicted molar refractivity (Wildman–Crippen MR) is 98.2 cm³/mol. The van der Waals surface area contributed by atoms with E-state index in [1.54, 1.807) is 18.7 Å². The first-order chi connectivity index (χ1) is 12.8. The van der Waals surface area contributed by atoms with Crippen molar-refractivity contribution < 1.29 is 9.53 Å². The lowest BCUT2D eigenvalue weighted by Gasteiger charge is -2.36. The Bertz CT molecular complexity index is 855. The Morgan fingerprint density at radius 1 is 1.12 bits per heavy atom. The molecule has 0 radical (unpaired) electrons. The summed E-state index contributed by atoms with van der Waals surface area (Å²) in [6, 6.07) is 13.7. The SMILES string of the molecule is O=C(Nc1ccc(-n2ccnc2)nc1)C1(c2ccccc2)CCOCC1. The number of carbonyl (C=O) groups is 1. The van der Waals surface area contributed by atoms with Gasteiger partial charge in [-0.3, -0.25) is 9.36 Å². The highest BCUT2D eigenvalue weighted by Gasteiger charge is 2.41. The van der Waals surface area contributed by atoms with Gasteiger partial charge in [0, 0.05) is 25.6 Å². The summed E-state index contributed by atoms with van der Waals surface area (Å²) in [4.78, 5) is 21.6. The van der Waals surface area contributed by atoms with E-state index in [0.717, 1.165) is 11.4 Å². The van der Waals surface area contributed by atoms with Crippen molar-refractivity contribution in [2.24, 2.45) is 0 Å². The molecule has 6 nitrogen and oxygen atoms in total. The number of benzene rings is 1. The highest BCUT2D eigenvalue weighted by molar-refractivity contribution is 5.99. The van der Waals surface area contributed by atoms with Crippen molar-refractivity contribution >= 4 is 11.6 Å². The van der Waals surface area contributed by atoms with Crippen LogP contribution in [0.5, 0.6) is 0 Å². The molecule has 0 unspecified atom stereocenters. The van der Waals surface area contributed by atoms with Crippen LogP contribution in [0.4, 0.5) is 5.69 Å². The van der Waals surface area contributed by atoms with Gasteiger partial charge in [0.05, 0.1) is 17.3 Å². The second-order valence-corrected chi connectivity index (χ2v) is 6.39. The van der Waals surface area contributed by atoms with Gasteiger partial charge in [-0.1, -0.05) is 30.3 Å². The van der Waals surface area contributed by atoms with Crippen molar-refractivity contribution in [3.63, 3.8) is 0 Å². The lowest BCUT2D eigenvalue weighted by Crippen LogP contribution is -2.44. The zero-order valence-electron chi connectivity index (χ0n) is 14.3. The van der Waals surface area contributed by atoms with Crippen molar-refractivity contribution in [2.75, 3.05) is 18.5 Å². The molecule has 1 N–H and O–H groups in total. The van der Waals surface area contributed by atoms with Gasteiger partial charge in [-0.05, 0) is 30.5 Å². The third kappa shape index (κ3) is 3.11. The number of nitrogens with zero attached hydrogens (tertiary/aromatic N) is 3. The number of nitrogens with one attached hydrogen (secondary N) is 1.